The molecule has 4 nitrogen and oxygen atoms in total. The van der Waals surface area contributed by atoms with Crippen LogP contribution in [-0.2, 0) is 4.74 Å². The van der Waals surface area contributed by atoms with E-state index >= 15 is 0 Å². The van der Waals surface area contributed by atoms with Crippen LogP contribution < -0.4 is 5.73 Å². The van der Waals surface area contributed by atoms with Gasteiger partial charge in [-0.2, -0.15) is 0 Å². The van der Waals surface area contributed by atoms with Gasteiger partial charge in [0.25, 0.3) is 0 Å². The molecule has 1 aromatic heterocycles. The van der Waals surface area contributed by atoms with Crippen molar-refractivity contribution in [2.75, 3.05) is 13.2 Å². The molecule has 5 heteroatoms. The Kier molecular flexibility index (Phi) is 3.78. The summed E-state index contributed by atoms with van der Waals surface area (Å²) in [7, 11) is 0. The van der Waals surface area contributed by atoms with Gasteiger partial charge in [-0.25, -0.2) is 4.98 Å². The number of nitrogens with zero attached hydrogens (tertiary/aromatic N) is 1. The number of aromatic amines is 1. The van der Waals surface area contributed by atoms with Gasteiger partial charge in [0.1, 0.15) is 5.82 Å². The fourth-order valence-corrected chi connectivity index (χ4v) is 1.70. The third-order valence-corrected chi connectivity index (χ3v) is 2.58. The number of fused-ring (bicyclic) bond motifs is 1. The minimum atomic E-state index is -0.277. The Bertz CT molecular complexity index is 523. The zero-order valence-electron chi connectivity index (χ0n) is 9.32. The lowest BCUT2D eigenvalue weighted by Gasteiger charge is -2.07. The van der Waals surface area contributed by atoms with E-state index in [-0.39, 0.29) is 6.04 Å². The Morgan fingerprint density at radius 3 is 3.18 bits per heavy atom. The smallest absolute Gasteiger partial charge is 0.126 e. The van der Waals surface area contributed by atoms with Crippen LogP contribution >= 0.6 is 11.6 Å². The van der Waals surface area contributed by atoms with E-state index in [4.69, 9.17) is 22.1 Å². The summed E-state index contributed by atoms with van der Waals surface area (Å²) in [6, 6.07) is 5.21. The first-order valence-electron chi connectivity index (χ1n) is 5.30. The Balaban J connectivity index is 2.15. The first-order valence-corrected chi connectivity index (χ1v) is 5.68. The van der Waals surface area contributed by atoms with Crippen molar-refractivity contribution >= 4 is 22.6 Å². The Hall–Kier alpha value is -1.36. The number of aromatic nitrogens is 2. The summed E-state index contributed by atoms with van der Waals surface area (Å²) in [5, 5.41) is 0.659. The van der Waals surface area contributed by atoms with E-state index in [9.17, 15) is 0 Å². The van der Waals surface area contributed by atoms with Gasteiger partial charge in [-0.15, -0.1) is 6.58 Å². The molecule has 2 rings (SSSR count). The number of benzene rings is 1. The predicted molar refractivity (Wildman–Crippen MR) is 69.0 cm³/mol. The molecular weight excluding hydrogens is 238 g/mol. The van der Waals surface area contributed by atoms with Gasteiger partial charge in [-0.05, 0) is 18.2 Å². The minimum absolute atomic E-state index is 0.277. The van der Waals surface area contributed by atoms with E-state index in [1.807, 2.05) is 12.1 Å². The van der Waals surface area contributed by atoms with E-state index in [0.717, 1.165) is 11.0 Å². The molecule has 0 spiro atoms. The van der Waals surface area contributed by atoms with Gasteiger partial charge in [-0.3, -0.25) is 0 Å². The van der Waals surface area contributed by atoms with Gasteiger partial charge in [0.15, 0.2) is 0 Å². The first-order chi connectivity index (χ1) is 8.20. The second-order valence-electron chi connectivity index (χ2n) is 3.72. The van der Waals surface area contributed by atoms with Crippen molar-refractivity contribution in [3.8, 4) is 0 Å². The van der Waals surface area contributed by atoms with E-state index in [0.29, 0.717) is 24.1 Å². The molecule has 17 heavy (non-hydrogen) atoms. The predicted octanol–water partition coefficient (Wildman–Crippen LogP) is 2.42. The number of H-pyrrole nitrogens is 1. The molecule has 0 bridgehead atoms. The van der Waals surface area contributed by atoms with Crippen molar-refractivity contribution in [3.63, 3.8) is 0 Å². The molecule has 1 aromatic carbocycles. The lowest BCUT2D eigenvalue weighted by Crippen LogP contribution is -2.18. The molecule has 0 saturated carbocycles. The van der Waals surface area contributed by atoms with Crippen molar-refractivity contribution in [2.24, 2.45) is 5.73 Å². The van der Waals surface area contributed by atoms with Crippen LogP contribution in [0.1, 0.15) is 11.9 Å². The highest BCUT2D eigenvalue weighted by Crippen LogP contribution is 2.19. The normalized spacial score (nSPS) is 12.8. The van der Waals surface area contributed by atoms with Gasteiger partial charge in [0.05, 0.1) is 30.3 Å². The van der Waals surface area contributed by atoms with Crippen molar-refractivity contribution in [2.45, 2.75) is 6.04 Å². The van der Waals surface area contributed by atoms with E-state index in [2.05, 4.69) is 16.5 Å². The molecule has 0 aliphatic carbocycles. The summed E-state index contributed by atoms with van der Waals surface area (Å²) < 4.78 is 5.29. The van der Waals surface area contributed by atoms with Gasteiger partial charge in [0.2, 0.25) is 0 Å². The van der Waals surface area contributed by atoms with E-state index in [1.54, 1.807) is 12.1 Å². The number of nitrogens with two attached hydrogens (primary N) is 1. The van der Waals surface area contributed by atoms with E-state index < -0.39 is 0 Å². The maximum absolute atomic E-state index is 5.95. The quantitative estimate of drug-likeness (QED) is 0.634. The number of halogens is 1. The molecule has 90 valence electrons. The Morgan fingerprint density at radius 2 is 2.41 bits per heavy atom. The second-order valence-corrected chi connectivity index (χ2v) is 4.15. The van der Waals surface area contributed by atoms with Crippen LogP contribution in [0.5, 0.6) is 0 Å². The van der Waals surface area contributed by atoms with Crippen LogP contribution in [0.3, 0.4) is 0 Å². The molecule has 0 fully saturated rings. The maximum Gasteiger partial charge on any atom is 0.126 e. The van der Waals surface area contributed by atoms with Crippen LogP contribution in [0.2, 0.25) is 5.02 Å². The summed E-state index contributed by atoms with van der Waals surface area (Å²) in [4.78, 5) is 7.53. The van der Waals surface area contributed by atoms with Crippen LogP contribution in [0.25, 0.3) is 11.0 Å². The SMILES string of the molecule is C=CCOC[C@H](N)c1nc2cc(Cl)ccc2[nH]1. The molecule has 0 amide bonds. The summed E-state index contributed by atoms with van der Waals surface area (Å²) >= 11 is 5.89. The van der Waals surface area contributed by atoms with Crippen LogP contribution in [0.15, 0.2) is 30.9 Å². The third-order valence-electron chi connectivity index (χ3n) is 2.35. The molecule has 1 heterocycles. The van der Waals surface area contributed by atoms with Crippen LogP contribution in [0.4, 0.5) is 0 Å². The molecule has 0 aliphatic heterocycles. The average molecular weight is 252 g/mol. The molecule has 3 N–H and O–H groups in total. The third kappa shape index (κ3) is 2.85. The number of rotatable bonds is 5. The summed E-state index contributed by atoms with van der Waals surface area (Å²) in [5.74, 6) is 0.700. The average Bonchev–Trinajstić information content (AvgIpc) is 2.72. The highest BCUT2D eigenvalue weighted by atomic mass is 35.5. The van der Waals surface area contributed by atoms with Crippen LogP contribution in [0, 0.1) is 0 Å². The van der Waals surface area contributed by atoms with Gasteiger partial charge >= 0.3 is 0 Å². The number of hydrogen-bond acceptors (Lipinski definition) is 3. The lowest BCUT2D eigenvalue weighted by molar-refractivity contribution is 0.145. The van der Waals surface area contributed by atoms with Crippen molar-refractivity contribution < 1.29 is 4.74 Å². The first kappa shape index (κ1) is 12.1. The fourth-order valence-electron chi connectivity index (χ4n) is 1.53. The zero-order valence-corrected chi connectivity index (χ0v) is 10.1. The molecule has 0 unspecified atom stereocenters. The largest absolute Gasteiger partial charge is 0.375 e. The molecule has 1 atom stereocenters. The molecule has 2 aromatic rings. The Morgan fingerprint density at radius 1 is 1.59 bits per heavy atom. The number of ether oxygens (including phenoxy) is 1. The summed E-state index contributed by atoms with van der Waals surface area (Å²) in [5.41, 5.74) is 7.68. The van der Waals surface area contributed by atoms with Crippen LogP contribution in [-0.4, -0.2) is 23.2 Å². The number of hydrogen-bond donors (Lipinski definition) is 2. The molecule has 0 saturated heterocycles. The van der Waals surface area contributed by atoms with Crippen molar-refractivity contribution in [3.05, 3.63) is 41.7 Å². The summed E-state index contributed by atoms with van der Waals surface area (Å²) in [6.45, 7) is 4.46. The zero-order chi connectivity index (χ0) is 12.3. The molecular formula is C12H14ClN3O. The van der Waals surface area contributed by atoms with Gasteiger partial charge in [0, 0.05) is 5.02 Å². The molecule has 0 radical (unpaired) electrons. The fraction of sp³-hybridized carbons (Fsp3) is 0.250. The Labute approximate surface area is 104 Å². The lowest BCUT2D eigenvalue weighted by atomic mass is 10.3. The highest BCUT2D eigenvalue weighted by Gasteiger charge is 2.11. The van der Waals surface area contributed by atoms with Crippen molar-refractivity contribution in [1.82, 2.24) is 9.97 Å². The van der Waals surface area contributed by atoms with Gasteiger partial charge < -0.3 is 15.5 Å². The van der Waals surface area contributed by atoms with E-state index in [1.165, 1.54) is 0 Å². The molecule has 0 aliphatic rings. The number of imidazole rings is 1. The topological polar surface area (TPSA) is 63.9 Å². The standard InChI is InChI=1S/C12H14ClN3O/c1-2-5-17-7-9(14)12-15-10-4-3-8(13)6-11(10)16-12/h2-4,6,9H,1,5,7,14H2,(H,15,16)/t9-/m0/s1. The van der Waals surface area contributed by atoms with Crippen molar-refractivity contribution in [1.29, 1.82) is 0 Å². The highest BCUT2D eigenvalue weighted by molar-refractivity contribution is 6.31. The second kappa shape index (κ2) is 5.31. The van der Waals surface area contributed by atoms with Gasteiger partial charge in [-0.1, -0.05) is 17.7 Å². The monoisotopic (exact) mass is 251 g/mol. The summed E-state index contributed by atoms with van der Waals surface area (Å²) in [6.07, 6.45) is 1.69. The maximum atomic E-state index is 5.95. The number of nitrogens with one attached hydrogen (secondary N) is 1. The minimum Gasteiger partial charge on any atom is -0.375 e.